The van der Waals surface area contributed by atoms with Gasteiger partial charge in [-0.05, 0) is 35.9 Å². The van der Waals surface area contributed by atoms with Gasteiger partial charge in [0.1, 0.15) is 5.75 Å². The number of hydrogen-bond acceptors (Lipinski definition) is 4. The fourth-order valence-corrected chi connectivity index (χ4v) is 5.63. The topological polar surface area (TPSA) is 38.3 Å². The van der Waals surface area contributed by atoms with E-state index in [1.165, 1.54) is 17.1 Å². The van der Waals surface area contributed by atoms with E-state index in [0.717, 1.165) is 0 Å². The zero-order valence-corrected chi connectivity index (χ0v) is 15.8. The molecule has 0 saturated carbocycles. The molecule has 1 aliphatic rings. The van der Waals surface area contributed by atoms with E-state index in [4.69, 9.17) is 27.9 Å². The maximum Gasteiger partial charge on any atom is 0.262 e. The summed E-state index contributed by atoms with van der Waals surface area (Å²) >= 11 is 15.7. The van der Waals surface area contributed by atoms with E-state index in [2.05, 4.69) is 17.4 Å². The summed E-state index contributed by atoms with van der Waals surface area (Å²) < 4.78 is 6.04. The third kappa shape index (κ3) is 4.99. The first-order valence-corrected chi connectivity index (χ1v) is 10.2. The summed E-state index contributed by atoms with van der Waals surface area (Å²) in [6.45, 7) is -0.0730. The Morgan fingerprint density at radius 3 is 2.33 bits per heavy atom. The second-order valence-electron chi connectivity index (χ2n) is 5.14. The summed E-state index contributed by atoms with van der Waals surface area (Å²) in [6.07, 6.45) is 0. The van der Waals surface area contributed by atoms with Crippen LogP contribution in [-0.4, -0.2) is 24.0 Å². The number of carbonyl (C=O) groups excluding carboxylic acids is 1. The number of anilines is 1. The molecule has 1 amide bonds. The summed E-state index contributed by atoms with van der Waals surface area (Å²) in [7, 11) is 0. The van der Waals surface area contributed by atoms with Gasteiger partial charge in [-0.2, -0.15) is 0 Å². The van der Waals surface area contributed by atoms with Gasteiger partial charge in [-0.15, -0.1) is 23.5 Å². The Bertz CT molecular complexity index is 699. The van der Waals surface area contributed by atoms with Gasteiger partial charge in [0.05, 0.1) is 4.58 Å². The lowest BCUT2D eigenvalue weighted by Crippen LogP contribution is -2.20. The molecule has 24 heavy (non-hydrogen) atoms. The van der Waals surface area contributed by atoms with E-state index in [-0.39, 0.29) is 12.5 Å². The predicted molar refractivity (Wildman–Crippen MR) is 105 cm³/mol. The van der Waals surface area contributed by atoms with Gasteiger partial charge in [-0.3, -0.25) is 4.79 Å². The summed E-state index contributed by atoms with van der Waals surface area (Å²) in [5.41, 5.74) is 1.83. The molecule has 1 N–H and O–H groups in total. The Morgan fingerprint density at radius 2 is 1.71 bits per heavy atom. The van der Waals surface area contributed by atoms with Crippen LogP contribution < -0.4 is 10.1 Å². The fourth-order valence-electron chi connectivity index (χ4n) is 2.24. The van der Waals surface area contributed by atoms with Gasteiger partial charge in [0.2, 0.25) is 0 Å². The van der Waals surface area contributed by atoms with Gasteiger partial charge in [-0.25, -0.2) is 0 Å². The Morgan fingerprint density at radius 1 is 1.08 bits per heavy atom. The number of nitrogens with one attached hydrogen (secondary N) is 1. The lowest BCUT2D eigenvalue weighted by atomic mass is 10.2. The third-order valence-electron chi connectivity index (χ3n) is 3.29. The minimum atomic E-state index is -0.265. The van der Waals surface area contributed by atoms with Gasteiger partial charge in [0.15, 0.2) is 6.61 Å². The van der Waals surface area contributed by atoms with Crippen molar-refractivity contribution in [3.05, 3.63) is 58.1 Å². The molecular formula is C17H15Cl2NO2S2. The molecule has 0 aliphatic carbocycles. The van der Waals surface area contributed by atoms with Crippen LogP contribution in [0.15, 0.2) is 42.5 Å². The molecule has 1 aliphatic heterocycles. The number of benzene rings is 2. The van der Waals surface area contributed by atoms with Crippen LogP contribution in [0.4, 0.5) is 5.69 Å². The Labute approximate surface area is 159 Å². The number of hydrogen-bond donors (Lipinski definition) is 1. The van der Waals surface area contributed by atoms with Gasteiger partial charge >= 0.3 is 0 Å². The molecule has 3 rings (SSSR count). The van der Waals surface area contributed by atoms with Crippen molar-refractivity contribution < 1.29 is 9.53 Å². The molecule has 7 heteroatoms. The zero-order valence-electron chi connectivity index (χ0n) is 12.6. The van der Waals surface area contributed by atoms with Crippen molar-refractivity contribution in [3.8, 4) is 5.75 Å². The van der Waals surface area contributed by atoms with Crippen molar-refractivity contribution in [2.24, 2.45) is 0 Å². The average molecular weight is 400 g/mol. The standard InChI is InChI=1S/C17H15Cl2NO2S2/c18-12-7-13(19)9-14(8-12)20-16(21)10-22-15-3-1-11(2-4-15)17-23-5-6-24-17/h1-4,7-9,17H,5-6,10H2,(H,20,21). The molecule has 2 aromatic carbocycles. The van der Waals surface area contributed by atoms with Crippen LogP contribution in [0.1, 0.15) is 10.1 Å². The molecule has 1 saturated heterocycles. The first-order chi connectivity index (χ1) is 11.6. The van der Waals surface area contributed by atoms with Crippen LogP contribution >= 0.6 is 46.7 Å². The third-order valence-corrected chi connectivity index (χ3v) is 6.83. The van der Waals surface area contributed by atoms with Crippen molar-refractivity contribution in [3.63, 3.8) is 0 Å². The summed E-state index contributed by atoms with van der Waals surface area (Å²) in [4.78, 5) is 12.0. The molecule has 0 radical (unpaired) electrons. The van der Waals surface area contributed by atoms with E-state index in [1.54, 1.807) is 18.2 Å². The summed E-state index contributed by atoms with van der Waals surface area (Å²) in [5, 5.41) is 3.65. The largest absolute Gasteiger partial charge is 0.484 e. The Balaban J connectivity index is 1.52. The second kappa shape index (κ2) is 8.39. The lowest BCUT2D eigenvalue weighted by Gasteiger charge is -2.11. The van der Waals surface area contributed by atoms with Crippen molar-refractivity contribution in [1.29, 1.82) is 0 Å². The zero-order chi connectivity index (χ0) is 16.9. The molecule has 1 heterocycles. The van der Waals surface area contributed by atoms with E-state index in [1.807, 2.05) is 35.7 Å². The van der Waals surface area contributed by atoms with Gasteiger partial charge < -0.3 is 10.1 Å². The van der Waals surface area contributed by atoms with Crippen molar-refractivity contribution >= 4 is 58.3 Å². The summed E-state index contributed by atoms with van der Waals surface area (Å²) in [5.74, 6) is 2.80. The quantitative estimate of drug-likeness (QED) is 0.720. The van der Waals surface area contributed by atoms with E-state index in [0.29, 0.717) is 26.1 Å². The van der Waals surface area contributed by atoms with Crippen LogP contribution in [0.5, 0.6) is 5.75 Å². The molecule has 1 fully saturated rings. The Kier molecular flexibility index (Phi) is 6.22. The normalized spacial score (nSPS) is 14.6. The second-order valence-corrected chi connectivity index (χ2v) is 8.73. The minimum absolute atomic E-state index is 0.0730. The highest BCUT2D eigenvalue weighted by atomic mass is 35.5. The van der Waals surface area contributed by atoms with Gasteiger partial charge in [0, 0.05) is 27.2 Å². The van der Waals surface area contributed by atoms with Crippen LogP contribution in [0, 0.1) is 0 Å². The van der Waals surface area contributed by atoms with E-state index < -0.39 is 0 Å². The molecule has 0 spiro atoms. The van der Waals surface area contributed by atoms with Crippen LogP contribution in [0.2, 0.25) is 10.0 Å². The molecule has 2 aromatic rings. The number of rotatable bonds is 5. The molecule has 126 valence electrons. The average Bonchev–Trinajstić information content (AvgIpc) is 3.07. The molecule has 0 aromatic heterocycles. The highest BCUT2D eigenvalue weighted by Crippen LogP contribution is 2.45. The smallest absolute Gasteiger partial charge is 0.262 e. The predicted octanol–water partition coefficient (Wildman–Crippen LogP) is 5.49. The van der Waals surface area contributed by atoms with Gasteiger partial charge in [0.25, 0.3) is 5.91 Å². The summed E-state index contributed by atoms with van der Waals surface area (Å²) in [6, 6.07) is 12.8. The molecule has 0 unspecified atom stereocenters. The highest BCUT2D eigenvalue weighted by Gasteiger charge is 2.18. The van der Waals surface area contributed by atoms with E-state index >= 15 is 0 Å². The number of carbonyl (C=O) groups is 1. The molecule has 0 bridgehead atoms. The number of ether oxygens (including phenoxy) is 1. The van der Waals surface area contributed by atoms with Crippen molar-refractivity contribution in [1.82, 2.24) is 0 Å². The SMILES string of the molecule is O=C(COc1ccc(C2SCCS2)cc1)Nc1cc(Cl)cc(Cl)c1. The maximum atomic E-state index is 12.0. The molecular weight excluding hydrogens is 385 g/mol. The lowest BCUT2D eigenvalue weighted by molar-refractivity contribution is -0.118. The van der Waals surface area contributed by atoms with Crippen LogP contribution in [0.3, 0.4) is 0 Å². The number of thioether (sulfide) groups is 2. The van der Waals surface area contributed by atoms with Gasteiger partial charge in [-0.1, -0.05) is 35.3 Å². The monoisotopic (exact) mass is 399 g/mol. The highest BCUT2D eigenvalue weighted by molar-refractivity contribution is 8.19. The van der Waals surface area contributed by atoms with Crippen LogP contribution in [0.25, 0.3) is 0 Å². The first-order valence-electron chi connectivity index (χ1n) is 7.32. The van der Waals surface area contributed by atoms with Crippen molar-refractivity contribution in [2.45, 2.75) is 4.58 Å². The minimum Gasteiger partial charge on any atom is -0.484 e. The fraction of sp³-hybridized carbons (Fsp3) is 0.235. The van der Waals surface area contributed by atoms with Crippen LogP contribution in [-0.2, 0) is 4.79 Å². The van der Waals surface area contributed by atoms with E-state index in [9.17, 15) is 4.79 Å². The maximum absolute atomic E-state index is 12.0. The Hall–Kier alpha value is -1.01. The first kappa shape index (κ1) is 17.8. The number of halogens is 2. The molecule has 0 atom stereocenters. The van der Waals surface area contributed by atoms with Crippen molar-refractivity contribution in [2.75, 3.05) is 23.4 Å². The molecule has 3 nitrogen and oxygen atoms in total. The number of amides is 1.